The molecule has 1 fully saturated rings. The summed E-state index contributed by atoms with van der Waals surface area (Å²) in [4.78, 5) is 0. The molecule has 1 aliphatic heterocycles. The van der Waals surface area contributed by atoms with Crippen molar-refractivity contribution in [2.45, 2.75) is 36.9 Å². The topological polar surface area (TPSA) is 116 Å². The minimum absolute atomic E-state index is 0.308. The minimum atomic E-state index is -1.29. The molecule has 0 aromatic rings. The number of nitrogens with two attached hydrogens (primary N) is 1. The number of ether oxygens (including phenoxy) is 1. The summed E-state index contributed by atoms with van der Waals surface area (Å²) in [6.45, 7) is -0.0886. The fraction of sp³-hybridized carbons (Fsp3) is 1.00. The lowest BCUT2D eigenvalue weighted by Crippen LogP contribution is -2.58. The Labute approximate surface area is 81.9 Å². The number of aliphatic hydroxyl groups excluding tert-OH is 4. The number of hydrogen-bond donors (Lipinski definition) is 5. The van der Waals surface area contributed by atoms with Gasteiger partial charge in [-0.25, -0.2) is 0 Å². The van der Waals surface area contributed by atoms with Gasteiger partial charge in [-0.15, -0.1) is 0 Å². The molecule has 4 unspecified atom stereocenters. The Morgan fingerprint density at radius 3 is 2.07 bits per heavy atom. The first-order valence-corrected chi connectivity index (χ1v) is 4.62. The van der Waals surface area contributed by atoms with E-state index in [1.165, 1.54) is 0 Å². The van der Waals surface area contributed by atoms with E-state index in [0.29, 0.717) is 13.0 Å². The predicted molar refractivity (Wildman–Crippen MR) is 47.4 cm³/mol. The van der Waals surface area contributed by atoms with Gasteiger partial charge in [-0.1, -0.05) is 0 Å². The molecule has 5 atom stereocenters. The molecule has 0 radical (unpaired) electrons. The van der Waals surface area contributed by atoms with Gasteiger partial charge in [0.05, 0.1) is 12.7 Å². The molecular weight excluding hydrogens is 190 g/mol. The average Bonchev–Trinajstić information content (AvgIpc) is 2.19. The van der Waals surface area contributed by atoms with Crippen molar-refractivity contribution in [2.75, 3.05) is 13.2 Å². The largest absolute Gasteiger partial charge is 0.394 e. The van der Waals surface area contributed by atoms with Crippen molar-refractivity contribution in [3.8, 4) is 0 Å². The van der Waals surface area contributed by atoms with E-state index >= 15 is 0 Å². The summed E-state index contributed by atoms with van der Waals surface area (Å²) < 4.78 is 5.18. The smallest absolute Gasteiger partial charge is 0.111 e. The van der Waals surface area contributed by atoms with Crippen LogP contribution in [0.15, 0.2) is 0 Å². The van der Waals surface area contributed by atoms with Crippen LogP contribution in [0.2, 0.25) is 0 Å². The Morgan fingerprint density at radius 1 is 1.00 bits per heavy atom. The SMILES string of the molecule is NCC[C@@H]1OC(CO)C(O)C(O)C1O. The zero-order valence-electron chi connectivity index (χ0n) is 7.78. The van der Waals surface area contributed by atoms with Crippen molar-refractivity contribution in [3.63, 3.8) is 0 Å². The van der Waals surface area contributed by atoms with Gasteiger partial charge in [-0.3, -0.25) is 0 Å². The molecule has 1 aliphatic rings. The normalized spacial score (nSPS) is 43.9. The molecular formula is C8H17NO5. The molecule has 0 bridgehead atoms. The fourth-order valence-electron chi connectivity index (χ4n) is 1.58. The summed E-state index contributed by atoms with van der Waals surface area (Å²) in [6, 6.07) is 0. The Hall–Kier alpha value is -0.240. The van der Waals surface area contributed by atoms with Gasteiger partial charge in [-0.05, 0) is 13.0 Å². The van der Waals surface area contributed by atoms with Crippen molar-refractivity contribution < 1.29 is 25.2 Å². The first-order chi connectivity index (χ1) is 6.61. The lowest BCUT2D eigenvalue weighted by molar-refractivity contribution is -0.229. The second kappa shape index (κ2) is 5.01. The van der Waals surface area contributed by atoms with Gasteiger partial charge in [0.25, 0.3) is 0 Å². The Kier molecular flexibility index (Phi) is 4.24. The van der Waals surface area contributed by atoms with Crippen LogP contribution < -0.4 is 5.73 Å². The standard InChI is InChI=1S/C8H17NO5/c9-2-1-4-6(11)8(13)7(12)5(3-10)14-4/h4-8,10-13H,1-3,9H2/t4-,5?,6?,7?,8?/m0/s1. The van der Waals surface area contributed by atoms with E-state index in [1.54, 1.807) is 0 Å². The molecule has 6 nitrogen and oxygen atoms in total. The quantitative estimate of drug-likeness (QED) is 0.341. The fourth-order valence-corrected chi connectivity index (χ4v) is 1.58. The van der Waals surface area contributed by atoms with Gasteiger partial charge in [-0.2, -0.15) is 0 Å². The third-order valence-electron chi connectivity index (χ3n) is 2.44. The van der Waals surface area contributed by atoms with Crippen LogP contribution in [0.25, 0.3) is 0 Å². The van der Waals surface area contributed by atoms with Gasteiger partial charge in [0, 0.05) is 0 Å². The zero-order chi connectivity index (χ0) is 10.7. The highest BCUT2D eigenvalue weighted by Gasteiger charge is 2.42. The number of hydrogen-bond acceptors (Lipinski definition) is 6. The zero-order valence-corrected chi connectivity index (χ0v) is 7.78. The summed E-state index contributed by atoms with van der Waals surface area (Å²) in [5.41, 5.74) is 5.29. The average molecular weight is 207 g/mol. The van der Waals surface area contributed by atoms with Crippen molar-refractivity contribution in [1.29, 1.82) is 0 Å². The van der Waals surface area contributed by atoms with Crippen LogP contribution in [0.5, 0.6) is 0 Å². The van der Waals surface area contributed by atoms with Crippen LogP contribution in [0, 0.1) is 0 Å². The molecule has 0 spiro atoms. The van der Waals surface area contributed by atoms with Crippen molar-refractivity contribution in [1.82, 2.24) is 0 Å². The summed E-state index contributed by atoms with van der Waals surface area (Å²) in [5, 5.41) is 37.1. The van der Waals surface area contributed by atoms with Gasteiger partial charge in [0.2, 0.25) is 0 Å². The summed E-state index contributed by atoms with van der Waals surface area (Å²) in [5.74, 6) is 0. The second-order valence-corrected chi connectivity index (χ2v) is 3.44. The predicted octanol–water partition coefficient (Wildman–Crippen LogP) is -2.82. The van der Waals surface area contributed by atoms with Crippen LogP contribution in [0.1, 0.15) is 6.42 Å². The molecule has 0 aliphatic carbocycles. The molecule has 1 saturated heterocycles. The second-order valence-electron chi connectivity index (χ2n) is 3.44. The Balaban J connectivity index is 2.63. The third-order valence-corrected chi connectivity index (χ3v) is 2.44. The molecule has 0 aromatic heterocycles. The van der Waals surface area contributed by atoms with E-state index < -0.39 is 37.1 Å². The monoisotopic (exact) mass is 207 g/mol. The maximum atomic E-state index is 9.48. The summed E-state index contributed by atoms with van der Waals surface area (Å²) in [7, 11) is 0. The summed E-state index contributed by atoms with van der Waals surface area (Å²) >= 11 is 0. The molecule has 6 heteroatoms. The maximum Gasteiger partial charge on any atom is 0.111 e. The minimum Gasteiger partial charge on any atom is -0.394 e. The van der Waals surface area contributed by atoms with E-state index in [2.05, 4.69) is 0 Å². The highest BCUT2D eigenvalue weighted by atomic mass is 16.5. The van der Waals surface area contributed by atoms with E-state index in [9.17, 15) is 15.3 Å². The van der Waals surface area contributed by atoms with E-state index in [-0.39, 0.29) is 0 Å². The van der Waals surface area contributed by atoms with Crippen molar-refractivity contribution in [3.05, 3.63) is 0 Å². The lowest BCUT2D eigenvalue weighted by atomic mass is 9.94. The molecule has 0 amide bonds. The third kappa shape index (κ3) is 2.22. The van der Waals surface area contributed by atoms with Gasteiger partial charge < -0.3 is 30.9 Å². The lowest BCUT2D eigenvalue weighted by Gasteiger charge is -2.40. The molecule has 1 rings (SSSR count). The van der Waals surface area contributed by atoms with Gasteiger partial charge >= 0.3 is 0 Å². The number of rotatable bonds is 3. The van der Waals surface area contributed by atoms with E-state index in [0.717, 1.165) is 0 Å². The van der Waals surface area contributed by atoms with Crippen LogP contribution in [-0.4, -0.2) is 64.1 Å². The molecule has 84 valence electrons. The highest BCUT2D eigenvalue weighted by Crippen LogP contribution is 2.22. The van der Waals surface area contributed by atoms with E-state index in [4.69, 9.17) is 15.6 Å². The van der Waals surface area contributed by atoms with E-state index in [1.807, 2.05) is 0 Å². The van der Waals surface area contributed by atoms with Crippen LogP contribution in [0.4, 0.5) is 0 Å². The van der Waals surface area contributed by atoms with Crippen molar-refractivity contribution in [2.24, 2.45) is 5.73 Å². The highest BCUT2D eigenvalue weighted by molar-refractivity contribution is 4.91. The molecule has 1 heterocycles. The Morgan fingerprint density at radius 2 is 1.57 bits per heavy atom. The maximum absolute atomic E-state index is 9.48. The van der Waals surface area contributed by atoms with Crippen LogP contribution in [0.3, 0.4) is 0 Å². The first kappa shape index (κ1) is 11.8. The molecule has 6 N–H and O–H groups in total. The first-order valence-electron chi connectivity index (χ1n) is 4.62. The van der Waals surface area contributed by atoms with Crippen LogP contribution in [-0.2, 0) is 4.74 Å². The summed E-state index contributed by atoms with van der Waals surface area (Å²) in [6.07, 6.45) is -4.82. The molecule has 14 heavy (non-hydrogen) atoms. The number of aliphatic hydroxyl groups is 4. The molecule has 0 aromatic carbocycles. The van der Waals surface area contributed by atoms with Crippen molar-refractivity contribution >= 4 is 0 Å². The van der Waals surface area contributed by atoms with Crippen LogP contribution >= 0.6 is 0 Å². The van der Waals surface area contributed by atoms with Gasteiger partial charge in [0.1, 0.15) is 24.4 Å². The molecule has 0 saturated carbocycles. The Bertz CT molecular complexity index is 175. The van der Waals surface area contributed by atoms with Gasteiger partial charge in [0.15, 0.2) is 0 Å².